The molecule has 0 aromatic carbocycles. The van der Waals surface area contributed by atoms with Crippen LogP contribution < -0.4 is 0 Å². The zero-order valence-electron chi connectivity index (χ0n) is 17.6. The summed E-state index contributed by atoms with van der Waals surface area (Å²) in [4.78, 5) is 13.6. The minimum Gasteiger partial charge on any atom is -0.273 e. The van der Waals surface area contributed by atoms with E-state index in [0.717, 1.165) is 44.9 Å². The van der Waals surface area contributed by atoms with Crippen molar-refractivity contribution in [1.82, 2.24) is 4.31 Å². The van der Waals surface area contributed by atoms with Crippen molar-refractivity contribution in [2.24, 2.45) is 22.7 Å². The third-order valence-corrected chi connectivity index (χ3v) is 10.5. The molecule has 3 rings (SSSR count). The van der Waals surface area contributed by atoms with Crippen molar-refractivity contribution in [3.63, 3.8) is 0 Å². The van der Waals surface area contributed by atoms with Crippen molar-refractivity contribution in [2.75, 3.05) is 0 Å². The van der Waals surface area contributed by atoms with E-state index in [9.17, 15) is 13.2 Å². The van der Waals surface area contributed by atoms with Crippen LogP contribution in [0.5, 0.6) is 0 Å². The molecule has 2 saturated carbocycles. The molecule has 1 spiro atoms. The van der Waals surface area contributed by atoms with E-state index < -0.39 is 20.7 Å². The average Bonchev–Trinajstić information content (AvgIpc) is 3.10. The highest BCUT2D eigenvalue weighted by molar-refractivity contribution is 7.90. The summed E-state index contributed by atoms with van der Waals surface area (Å²) in [5.41, 5.74) is -0.516. The minimum absolute atomic E-state index is 0.114. The lowest BCUT2D eigenvalue weighted by Crippen LogP contribution is -2.47. The van der Waals surface area contributed by atoms with E-state index in [0.29, 0.717) is 12.3 Å². The molecule has 2 aliphatic carbocycles. The highest BCUT2D eigenvalue weighted by Crippen LogP contribution is 2.72. The van der Waals surface area contributed by atoms with Crippen molar-refractivity contribution in [3.8, 4) is 12.3 Å². The molecule has 4 nitrogen and oxygen atoms in total. The number of terminal acetylenes is 1. The topological polar surface area (TPSA) is 54.5 Å². The Balaban J connectivity index is 2.00. The highest BCUT2D eigenvalue weighted by atomic mass is 32.2. The monoisotopic (exact) mass is 405 g/mol. The molecule has 5 atom stereocenters. The largest absolute Gasteiger partial charge is 0.273 e. The first-order valence-corrected chi connectivity index (χ1v) is 12.3. The van der Waals surface area contributed by atoms with Gasteiger partial charge in [-0.25, -0.2) is 12.7 Å². The number of carbonyl (C=O) groups excluding carboxylic acids is 1. The van der Waals surface area contributed by atoms with Crippen LogP contribution in [0.4, 0.5) is 0 Å². The van der Waals surface area contributed by atoms with Crippen molar-refractivity contribution >= 4 is 15.9 Å². The molecule has 5 heteroatoms. The zero-order valence-corrected chi connectivity index (χ0v) is 18.4. The standard InChI is InChI=1S/C23H35NO3S/c1-6-9-10-13-17(11-7-2)21(25)24-19-16-18-14-15-23(19,22(18,4)5)20(12-8-3)28(24,26)27/h3,7,17-20H,2,6,9-16H2,1,4-5H3/t17-,18?,19?,20?,23?/m1/s1. The third-order valence-electron chi connectivity index (χ3n) is 8.20. The molecule has 1 amide bonds. The van der Waals surface area contributed by atoms with E-state index in [4.69, 9.17) is 6.42 Å². The summed E-state index contributed by atoms with van der Waals surface area (Å²) in [6.07, 6.45) is 14.5. The van der Waals surface area contributed by atoms with Crippen LogP contribution in [0.2, 0.25) is 0 Å². The predicted octanol–water partition coefficient (Wildman–Crippen LogP) is 4.52. The van der Waals surface area contributed by atoms with Gasteiger partial charge in [-0.05, 0) is 43.4 Å². The van der Waals surface area contributed by atoms with E-state index in [2.05, 4.69) is 33.3 Å². The molecular formula is C23H35NO3S. The van der Waals surface area contributed by atoms with E-state index in [1.807, 2.05) is 0 Å². The molecule has 3 aliphatic rings. The smallest absolute Gasteiger partial charge is 0.242 e. The highest BCUT2D eigenvalue weighted by Gasteiger charge is 2.76. The zero-order chi connectivity index (χ0) is 20.7. The quantitative estimate of drug-likeness (QED) is 0.339. The second kappa shape index (κ2) is 7.52. The fourth-order valence-electron chi connectivity index (χ4n) is 6.68. The summed E-state index contributed by atoms with van der Waals surface area (Å²) < 4.78 is 28.6. The van der Waals surface area contributed by atoms with E-state index in [1.54, 1.807) is 6.08 Å². The van der Waals surface area contributed by atoms with Gasteiger partial charge in [-0.15, -0.1) is 18.9 Å². The first kappa shape index (κ1) is 21.4. The lowest BCUT2D eigenvalue weighted by Gasteiger charge is -2.40. The van der Waals surface area contributed by atoms with Crippen LogP contribution in [0.15, 0.2) is 12.7 Å². The minimum atomic E-state index is -3.75. The van der Waals surface area contributed by atoms with Gasteiger partial charge in [0.15, 0.2) is 0 Å². The summed E-state index contributed by atoms with van der Waals surface area (Å²) in [5, 5.41) is -0.638. The summed E-state index contributed by atoms with van der Waals surface area (Å²) in [7, 11) is -3.75. The van der Waals surface area contributed by atoms with E-state index in [1.165, 1.54) is 4.31 Å². The van der Waals surface area contributed by atoms with Gasteiger partial charge in [0.2, 0.25) is 15.9 Å². The Labute approximate surface area is 171 Å². The van der Waals surface area contributed by atoms with Gasteiger partial charge < -0.3 is 0 Å². The Morgan fingerprint density at radius 3 is 2.68 bits per heavy atom. The van der Waals surface area contributed by atoms with Gasteiger partial charge in [0, 0.05) is 17.8 Å². The number of rotatable bonds is 8. The van der Waals surface area contributed by atoms with Gasteiger partial charge in [0.25, 0.3) is 0 Å². The summed E-state index contributed by atoms with van der Waals surface area (Å²) >= 11 is 0. The molecule has 4 unspecified atom stereocenters. The van der Waals surface area contributed by atoms with Crippen LogP contribution >= 0.6 is 0 Å². The summed E-state index contributed by atoms with van der Waals surface area (Å²) in [5.74, 6) is 2.55. The Morgan fingerprint density at radius 2 is 2.11 bits per heavy atom. The number of sulfonamides is 1. The number of carbonyl (C=O) groups is 1. The molecule has 0 N–H and O–H groups in total. The predicted molar refractivity (Wildman–Crippen MR) is 113 cm³/mol. The number of hydrogen-bond acceptors (Lipinski definition) is 3. The maximum absolute atomic E-state index is 13.6. The first-order chi connectivity index (χ1) is 13.2. The van der Waals surface area contributed by atoms with Crippen molar-refractivity contribution in [1.29, 1.82) is 0 Å². The molecule has 0 aromatic heterocycles. The van der Waals surface area contributed by atoms with Crippen LogP contribution in [0.3, 0.4) is 0 Å². The van der Waals surface area contributed by atoms with Crippen molar-refractivity contribution in [3.05, 3.63) is 12.7 Å². The Hall–Kier alpha value is -1.28. The SMILES string of the molecule is C#CCC1C23CCC(CC2N(C(=O)[C@H](CC=C)CCCCC)S1(=O)=O)C3(C)C. The molecule has 1 saturated heterocycles. The first-order valence-electron chi connectivity index (χ1n) is 10.8. The molecule has 28 heavy (non-hydrogen) atoms. The van der Waals surface area contributed by atoms with Crippen LogP contribution in [0.1, 0.15) is 78.6 Å². The Kier molecular flexibility index (Phi) is 5.75. The number of amides is 1. The second-order valence-corrected chi connectivity index (χ2v) is 11.5. The fourth-order valence-corrected chi connectivity index (χ4v) is 9.40. The van der Waals surface area contributed by atoms with Gasteiger partial charge >= 0.3 is 0 Å². The maximum atomic E-state index is 13.6. The fraction of sp³-hybridized carbons (Fsp3) is 0.783. The van der Waals surface area contributed by atoms with Gasteiger partial charge in [0.05, 0.1) is 11.3 Å². The van der Waals surface area contributed by atoms with Crippen molar-refractivity contribution in [2.45, 2.75) is 89.9 Å². The number of allylic oxidation sites excluding steroid dienone is 1. The second-order valence-electron chi connectivity index (χ2n) is 9.54. The lowest BCUT2D eigenvalue weighted by atomic mass is 9.64. The molecule has 0 aromatic rings. The van der Waals surface area contributed by atoms with Crippen LogP contribution in [-0.2, 0) is 14.8 Å². The van der Waals surface area contributed by atoms with Crippen LogP contribution in [-0.4, -0.2) is 29.9 Å². The number of unbranched alkanes of at least 4 members (excludes halogenated alkanes) is 2. The van der Waals surface area contributed by atoms with Crippen LogP contribution in [0.25, 0.3) is 0 Å². The molecule has 3 fully saturated rings. The molecule has 156 valence electrons. The van der Waals surface area contributed by atoms with Gasteiger partial charge in [-0.2, -0.15) is 0 Å². The van der Waals surface area contributed by atoms with E-state index in [-0.39, 0.29) is 29.7 Å². The van der Waals surface area contributed by atoms with Gasteiger partial charge in [-0.3, -0.25) is 4.79 Å². The summed E-state index contributed by atoms with van der Waals surface area (Å²) in [6, 6.07) is -0.226. The number of nitrogens with zero attached hydrogens (tertiary/aromatic N) is 1. The molecule has 1 aliphatic heterocycles. The maximum Gasteiger partial charge on any atom is 0.242 e. The van der Waals surface area contributed by atoms with Gasteiger partial charge in [-0.1, -0.05) is 46.1 Å². The molecule has 1 heterocycles. The number of fused-ring (bicyclic) bond motifs is 1. The Bertz CT molecular complexity index is 778. The molecular weight excluding hydrogens is 370 g/mol. The third kappa shape index (κ3) is 2.78. The van der Waals surface area contributed by atoms with Crippen LogP contribution in [0, 0.1) is 35.0 Å². The molecule has 0 radical (unpaired) electrons. The lowest BCUT2D eigenvalue weighted by molar-refractivity contribution is -0.133. The Morgan fingerprint density at radius 1 is 1.39 bits per heavy atom. The summed E-state index contributed by atoms with van der Waals surface area (Å²) in [6.45, 7) is 10.3. The molecule has 2 bridgehead atoms. The van der Waals surface area contributed by atoms with Gasteiger partial charge in [0.1, 0.15) is 0 Å². The number of hydrogen-bond donors (Lipinski definition) is 0. The van der Waals surface area contributed by atoms with Crippen molar-refractivity contribution < 1.29 is 13.2 Å². The average molecular weight is 406 g/mol. The normalized spacial score (nSPS) is 35.4. The van der Waals surface area contributed by atoms with E-state index >= 15 is 0 Å².